The van der Waals surface area contributed by atoms with E-state index in [-0.39, 0.29) is 23.2 Å². The number of nitrogens with two attached hydrogens (primary N) is 1. The van der Waals surface area contributed by atoms with Gasteiger partial charge in [0, 0.05) is 5.56 Å². The van der Waals surface area contributed by atoms with Gasteiger partial charge in [0.25, 0.3) is 5.56 Å². The van der Waals surface area contributed by atoms with Crippen molar-refractivity contribution in [3.05, 3.63) is 57.5 Å². The minimum Gasteiger partial charge on any atom is -0.392 e. The molecule has 6 heteroatoms. The minimum atomic E-state index is -0.478. The maximum Gasteiger partial charge on any atom is 0.278 e. The van der Waals surface area contributed by atoms with Crippen LogP contribution in [-0.2, 0) is 6.54 Å². The number of nitrogens with zero attached hydrogens (tertiary/aromatic N) is 2. The van der Waals surface area contributed by atoms with E-state index in [1.165, 1.54) is 17.0 Å². The summed E-state index contributed by atoms with van der Waals surface area (Å²) in [5, 5.41) is -0.0419. The van der Waals surface area contributed by atoms with E-state index in [1.54, 1.807) is 18.2 Å². The zero-order valence-electron chi connectivity index (χ0n) is 8.73. The van der Waals surface area contributed by atoms with Gasteiger partial charge in [-0.2, -0.15) is 0 Å². The van der Waals surface area contributed by atoms with Crippen molar-refractivity contribution in [3.63, 3.8) is 0 Å². The molecule has 2 rings (SSSR count). The average molecular weight is 254 g/mol. The molecular weight excluding hydrogens is 245 g/mol. The Balaban J connectivity index is 2.41. The van der Waals surface area contributed by atoms with Gasteiger partial charge in [0.05, 0.1) is 12.9 Å². The van der Waals surface area contributed by atoms with Crippen LogP contribution >= 0.6 is 11.6 Å². The molecule has 2 N–H and O–H groups in total. The van der Waals surface area contributed by atoms with Gasteiger partial charge in [0.1, 0.15) is 11.5 Å². The van der Waals surface area contributed by atoms with Crippen LogP contribution in [0, 0.1) is 5.82 Å². The molecule has 0 spiro atoms. The maximum absolute atomic E-state index is 13.4. The Kier molecular flexibility index (Phi) is 3.10. The number of aromatic nitrogens is 2. The highest BCUT2D eigenvalue weighted by atomic mass is 35.5. The number of hydrogen-bond donors (Lipinski definition) is 1. The number of anilines is 1. The van der Waals surface area contributed by atoms with Crippen molar-refractivity contribution in [2.24, 2.45) is 0 Å². The second kappa shape index (κ2) is 4.55. The summed E-state index contributed by atoms with van der Waals surface area (Å²) in [6.45, 7) is 0.0693. The number of benzene rings is 1. The van der Waals surface area contributed by atoms with E-state index < -0.39 is 5.56 Å². The third-order valence-electron chi connectivity index (χ3n) is 2.32. The Bertz CT molecular complexity index is 612. The summed E-state index contributed by atoms with van der Waals surface area (Å²) in [5.74, 6) is -0.382. The van der Waals surface area contributed by atoms with Gasteiger partial charge in [-0.25, -0.2) is 9.37 Å². The molecule has 1 heterocycles. The zero-order valence-corrected chi connectivity index (χ0v) is 9.49. The Hall–Kier alpha value is -1.88. The van der Waals surface area contributed by atoms with E-state index in [4.69, 9.17) is 17.3 Å². The number of halogens is 2. The number of hydrogen-bond acceptors (Lipinski definition) is 3. The Morgan fingerprint density at radius 1 is 1.41 bits per heavy atom. The lowest BCUT2D eigenvalue weighted by Gasteiger charge is -2.07. The van der Waals surface area contributed by atoms with Gasteiger partial charge in [-0.15, -0.1) is 0 Å². The molecule has 0 aliphatic carbocycles. The van der Waals surface area contributed by atoms with Crippen molar-refractivity contribution in [1.82, 2.24) is 9.55 Å². The molecule has 0 bridgehead atoms. The molecule has 0 unspecified atom stereocenters. The second-order valence-electron chi connectivity index (χ2n) is 3.47. The molecule has 0 amide bonds. The first-order valence-electron chi connectivity index (χ1n) is 4.83. The third kappa shape index (κ3) is 2.29. The van der Waals surface area contributed by atoms with Crippen molar-refractivity contribution < 1.29 is 4.39 Å². The molecule has 0 aliphatic heterocycles. The minimum absolute atomic E-state index is 0.0419. The number of nitrogen functional groups attached to an aromatic ring is 1. The molecule has 0 atom stereocenters. The van der Waals surface area contributed by atoms with Crippen LogP contribution in [0.15, 0.2) is 35.4 Å². The van der Waals surface area contributed by atoms with Crippen LogP contribution < -0.4 is 11.3 Å². The molecule has 88 valence electrons. The molecule has 1 aromatic heterocycles. The average Bonchev–Trinajstić information content (AvgIpc) is 2.32. The SMILES string of the molecule is Nc1c(Cl)ncn(Cc2ccccc2F)c1=O. The van der Waals surface area contributed by atoms with Crippen molar-refractivity contribution in [3.8, 4) is 0 Å². The fourth-order valence-electron chi connectivity index (χ4n) is 1.41. The van der Waals surface area contributed by atoms with Crippen molar-refractivity contribution >= 4 is 17.3 Å². The maximum atomic E-state index is 13.4. The van der Waals surface area contributed by atoms with Gasteiger partial charge < -0.3 is 5.73 Å². The van der Waals surface area contributed by atoms with E-state index in [9.17, 15) is 9.18 Å². The van der Waals surface area contributed by atoms with Gasteiger partial charge in [-0.1, -0.05) is 29.8 Å². The summed E-state index contributed by atoms with van der Waals surface area (Å²) < 4.78 is 14.6. The molecule has 0 saturated carbocycles. The van der Waals surface area contributed by atoms with Crippen LogP contribution in [0.3, 0.4) is 0 Å². The van der Waals surface area contributed by atoms with Crippen LogP contribution in [0.1, 0.15) is 5.56 Å². The van der Waals surface area contributed by atoms with Crippen molar-refractivity contribution in [1.29, 1.82) is 0 Å². The molecular formula is C11H9ClFN3O. The second-order valence-corrected chi connectivity index (χ2v) is 3.83. The van der Waals surface area contributed by atoms with Gasteiger partial charge in [-0.3, -0.25) is 9.36 Å². The summed E-state index contributed by atoms with van der Waals surface area (Å²) in [7, 11) is 0. The molecule has 17 heavy (non-hydrogen) atoms. The summed E-state index contributed by atoms with van der Waals surface area (Å²) in [6, 6.07) is 6.19. The topological polar surface area (TPSA) is 60.9 Å². The summed E-state index contributed by atoms with van der Waals surface area (Å²) in [4.78, 5) is 15.4. The lowest BCUT2D eigenvalue weighted by molar-refractivity contribution is 0.594. The van der Waals surface area contributed by atoms with E-state index >= 15 is 0 Å². The highest BCUT2D eigenvalue weighted by molar-refractivity contribution is 6.31. The first-order valence-corrected chi connectivity index (χ1v) is 5.21. The molecule has 0 radical (unpaired) electrons. The van der Waals surface area contributed by atoms with Gasteiger partial charge >= 0.3 is 0 Å². The predicted molar refractivity (Wildman–Crippen MR) is 63.4 cm³/mol. The standard InChI is InChI=1S/C11H9ClFN3O/c12-10-9(14)11(17)16(6-15-10)5-7-3-1-2-4-8(7)13/h1-4,6H,5,14H2. The predicted octanol–water partition coefficient (Wildman–Crippen LogP) is 1.67. The van der Waals surface area contributed by atoms with E-state index in [1.807, 2.05) is 0 Å². The molecule has 0 aliphatic rings. The molecule has 1 aromatic carbocycles. The lowest BCUT2D eigenvalue weighted by Crippen LogP contribution is -2.24. The van der Waals surface area contributed by atoms with Crippen LogP contribution in [-0.4, -0.2) is 9.55 Å². The van der Waals surface area contributed by atoms with Crippen LogP contribution in [0.2, 0.25) is 5.15 Å². The van der Waals surface area contributed by atoms with Crippen molar-refractivity contribution in [2.45, 2.75) is 6.54 Å². The summed E-state index contributed by atoms with van der Waals surface area (Å²) >= 11 is 5.60. The van der Waals surface area contributed by atoms with Crippen LogP contribution in [0.4, 0.5) is 10.1 Å². The van der Waals surface area contributed by atoms with Gasteiger partial charge in [0.15, 0.2) is 5.15 Å². The van der Waals surface area contributed by atoms with E-state index in [0.29, 0.717) is 5.56 Å². The molecule has 4 nitrogen and oxygen atoms in total. The van der Waals surface area contributed by atoms with Crippen molar-refractivity contribution in [2.75, 3.05) is 5.73 Å². The monoisotopic (exact) mass is 253 g/mol. The van der Waals surface area contributed by atoms with Gasteiger partial charge in [0.2, 0.25) is 0 Å². The smallest absolute Gasteiger partial charge is 0.278 e. The Morgan fingerprint density at radius 3 is 2.82 bits per heavy atom. The largest absolute Gasteiger partial charge is 0.392 e. The van der Waals surface area contributed by atoms with Crippen LogP contribution in [0.5, 0.6) is 0 Å². The zero-order chi connectivity index (χ0) is 12.4. The van der Waals surface area contributed by atoms with E-state index in [2.05, 4.69) is 4.98 Å². The highest BCUT2D eigenvalue weighted by Gasteiger charge is 2.08. The first kappa shape index (κ1) is 11.6. The third-order valence-corrected chi connectivity index (χ3v) is 2.62. The Labute approximate surface area is 101 Å². The quantitative estimate of drug-likeness (QED) is 0.828. The van der Waals surface area contributed by atoms with E-state index in [0.717, 1.165) is 0 Å². The highest BCUT2D eigenvalue weighted by Crippen LogP contribution is 2.11. The molecule has 0 saturated heterocycles. The molecule has 2 aromatic rings. The first-order chi connectivity index (χ1) is 8.09. The lowest BCUT2D eigenvalue weighted by atomic mass is 10.2. The summed E-state index contributed by atoms with van der Waals surface area (Å²) in [5.41, 5.74) is 5.23. The normalized spacial score (nSPS) is 10.5. The van der Waals surface area contributed by atoms with Gasteiger partial charge in [-0.05, 0) is 6.07 Å². The van der Waals surface area contributed by atoms with Crippen LogP contribution in [0.25, 0.3) is 0 Å². The summed E-state index contributed by atoms with van der Waals surface area (Å²) in [6.07, 6.45) is 1.24. The number of rotatable bonds is 2. The fraction of sp³-hybridized carbons (Fsp3) is 0.0909. The molecule has 0 fully saturated rings. The fourth-order valence-corrected chi connectivity index (χ4v) is 1.53. The Morgan fingerprint density at radius 2 is 2.12 bits per heavy atom.